The number of rotatable bonds is 11. The van der Waals surface area contributed by atoms with Gasteiger partial charge >= 0.3 is 0 Å². The second-order valence-electron chi connectivity index (χ2n) is 13.8. The zero-order valence-electron chi connectivity index (χ0n) is 27.5. The molecule has 0 aliphatic heterocycles. The standard InChI is InChI=1S/C39H43BrN2O2Si/c1-41(2)22-31-20-34(21-32(23-42(3)4)39(31)45(5,6)7)43-24-26-17-27(19-33(40)18-26)25-44-36-16-14-30-12-11-28-9-8-10-29-13-15-35(36)38(30)37(28)29/h8-21H,22-25H2,1-7H3. The third-order valence-corrected chi connectivity index (χ3v) is 10.9. The summed E-state index contributed by atoms with van der Waals surface area (Å²) in [6.07, 6.45) is 0. The van der Waals surface area contributed by atoms with Crippen LogP contribution in [0.4, 0.5) is 0 Å². The Hall–Kier alpha value is -3.42. The minimum absolute atomic E-state index is 0.473. The number of benzene rings is 6. The summed E-state index contributed by atoms with van der Waals surface area (Å²) < 4.78 is 14.0. The molecule has 0 aliphatic rings. The average Bonchev–Trinajstić information content (AvgIpc) is 2.96. The smallest absolute Gasteiger partial charge is 0.127 e. The van der Waals surface area contributed by atoms with Crippen LogP contribution >= 0.6 is 15.9 Å². The van der Waals surface area contributed by atoms with Crippen LogP contribution in [-0.4, -0.2) is 46.1 Å². The second-order valence-corrected chi connectivity index (χ2v) is 19.7. The van der Waals surface area contributed by atoms with Crippen LogP contribution < -0.4 is 14.7 Å². The van der Waals surface area contributed by atoms with E-state index in [0.29, 0.717) is 13.2 Å². The van der Waals surface area contributed by atoms with Crippen LogP contribution in [0.15, 0.2) is 89.4 Å². The molecule has 232 valence electrons. The normalized spacial score (nSPS) is 12.3. The minimum atomic E-state index is -1.58. The van der Waals surface area contributed by atoms with E-state index in [1.165, 1.54) is 38.1 Å². The zero-order valence-corrected chi connectivity index (χ0v) is 30.1. The van der Waals surface area contributed by atoms with Crippen molar-refractivity contribution in [3.8, 4) is 11.5 Å². The Morgan fingerprint density at radius 2 is 1.16 bits per heavy atom. The van der Waals surface area contributed by atoms with Gasteiger partial charge in [0.2, 0.25) is 0 Å². The summed E-state index contributed by atoms with van der Waals surface area (Å²) in [4.78, 5) is 4.51. The molecular formula is C39H43BrN2O2Si. The van der Waals surface area contributed by atoms with Gasteiger partial charge < -0.3 is 19.3 Å². The van der Waals surface area contributed by atoms with E-state index in [1.807, 2.05) is 0 Å². The van der Waals surface area contributed by atoms with Crippen LogP contribution in [-0.2, 0) is 26.3 Å². The Morgan fingerprint density at radius 3 is 1.73 bits per heavy atom. The minimum Gasteiger partial charge on any atom is -0.489 e. The number of halogens is 1. The molecule has 0 saturated heterocycles. The molecule has 0 saturated carbocycles. The highest BCUT2D eigenvalue weighted by atomic mass is 79.9. The Balaban J connectivity index is 1.24. The van der Waals surface area contributed by atoms with E-state index in [1.54, 1.807) is 5.19 Å². The van der Waals surface area contributed by atoms with Crippen molar-refractivity contribution < 1.29 is 9.47 Å². The van der Waals surface area contributed by atoms with Gasteiger partial charge in [-0.15, -0.1) is 0 Å². The lowest BCUT2D eigenvalue weighted by molar-refractivity contribution is 0.300. The van der Waals surface area contributed by atoms with E-state index in [4.69, 9.17) is 9.47 Å². The summed E-state index contributed by atoms with van der Waals surface area (Å²) in [5.41, 5.74) is 4.97. The van der Waals surface area contributed by atoms with Gasteiger partial charge in [-0.1, -0.05) is 83.2 Å². The lowest BCUT2D eigenvalue weighted by atomic mass is 9.94. The van der Waals surface area contributed by atoms with Crippen LogP contribution in [0.5, 0.6) is 11.5 Å². The summed E-state index contributed by atoms with van der Waals surface area (Å²) in [6, 6.07) is 30.6. The molecule has 0 N–H and O–H groups in total. The topological polar surface area (TPSA) is 24.9 Å². The maximum atomic E-state index is 6.52. The van der Waals surface area contributed by atoms with Gasteiger partial charge in [0, 0.05) is 28.3 Å². The van der Waals surface area contributed by atoms with Crippen LogP contribution in [0, 0.1) is 0 Å². The molecule has 0 aliphatic carbocycles. The molecule has 0 unspecified atom stereocenters. The third-order valence-electron chi connectivity index (χ3n) is 8.30. The quantitative estimate of drug-likeness (QED) is 0.101. The summed E-state index contributed by atoms with van der Waals surface area (Å²) in [5.74, 6) is 1.83. The average molecular weight is 680 g/mol. The lowest BCUT2D eigenvalue weighted by Crippen LogP contribution is -2.44. The Morgan fingerprint density at radius 1 is 0.622 bits per heavy atom. The highest BCUT2D eigenvalue weighted by Gasteiger charge is 2.25. The van der Waals surface area contributed by atoms with Gasteiger partial charge in [-0.3, -0.25) is 0 Å². The first-order valence-electron chi connectivity index (χ1n) is 15.6. The number of hydrogen-bond acceptors (Lipinski definition) is 4. The van der Waals surface area contributed by atoms with Crippen molar-refractivity contribution in [3.05, 3.63) is 112 Å². The molecule has 6 heteroatoms. The Bertz CT molecular complexity index is 1930. The molecule has 0 aromatic heterocycles. The first-order valence-corrected chi connectivity index (χ1v) is 19.9. The van der Waals surface area contributed by atoms with Crippen molar-refractivity contribution in [2.24, 2.45) is 0 Å². The maximum Gasteiger partial charge on any atom is 0.127 e. The van der Waals surface area contributed by atoms with E-state index < -0.39 is 8.07 Å². The van der Waals surface area contributed by atoms with Crippen LogP contribution in [0.3, 0.4) is 0 Å². The van der Waals surface area contributed by atoms with Gasteiger partial charge in [0.1, 0.15) is 24.7 Å². The molecule has 6 aromatic carbocycles. The molecule has 4 nitrogen and oxygen atoms in total. The van der Waals surface area contributed by atoms with E-state index in [-0.39, 0.29) is 0 Å². The fourth-order valence-electron chi connectivity index (χ4n) is 6.76. The summed E-state index contributed by atoms with van der Waals surface area (Å²) in [5, 5.41) is 9.04. The fourth-order valence-corrected chi connectivity index (χ4v) is 9.58. The van der Waals surface area contributed by atoms with Crippen LogP contribution in [0.1, 0.15) is 22.3 Å². The van der Waals surface area contributed by atoms with Gasteiger partial charge in [0.15, 0.2) is 0 Å². The number of ether oxygens (including phenoxy) is 2. The second kappa shape index (κ2) is 12.8. The van der Waals surface area contributed by atoms with Crippen molar-refractivity contribution in [2.75, 3.05) is 28.2 Å². The molecule has 0 spiro atoms. The molecule has 0 amide bonds. The maximum absolute atomic E-state index is 6.52. The SMILES string of the molecule is CN(C)Cc1cc(OCc2cc(Br)cc(COc3ccc4ccc5cccc6ccc3c4c56)c2)cc(CN(C)C)c1[Si](C)(C)C. The number of hydrogen-bond donors (Lipinski definition) is 0. The molecule has 0 fully saturated rings. The van der Waals surface area contributed by atoms with E-state index in [0.717, 1.165) is 45.6 Å². The van der Waals surface area contributed by atoms with Crippen LogP contribution in [0.2, 0.25) is 19.6 Å². The van der Waals surface area contributed by atoms with Gasteiger partial charge in [0.25, 0.3) is 0 Å². The zero-order chi connectivity index (χ0) is 31.9. The monoisotopic (exact) mass is 678 g/mol. The summed E-state index contributed by atoms with van der Waals surface area (Å²) in [6.45, 7) is 10.1. The van der Waals surface area contributed by atoms with E-state index in [2.05, 4.69) is 158 Å². The first kappa shape index (κ1) is 31.6. The number of nitrogens with zero attached hydrogens (tertiary/aromatic N) is 2. The molecular weight excluding hydrogens is 636 g/mol. The highest BCUT2D eigenvalue weighted by molar-refractivity contribution is 9.10. The lowest BCUT2D eigenvalue weighted by Gasteiger charge is -2.28. The van der Waals surface area contributed by atoms with Crippen molar-refractivity contribution in [2.45, 2.75) is 45.9 Å². The van der Waals surface area contributed by atoms with Crippen molar-refractivity contribution in [3.63, 3.8) is 0 Å². The van der Waals surface area contributed by atoms with Gasteiger partial charge in [-0.2, -0.15) is 0 Å². The first-order chi connectivity index (χ1) is 21.5. The molecule has 45 heavy (non-hydrogen) atoms. The fraction of sp³-hybridized carbons (Fsp3) is 0.282. The van der Waals surface area contributed by atoms with Crippen LogP contribution in [0.25, 0.3) is 32.3 Å². The summed E-state index contributed by atoms with van der Waals surface area (Å²) >= 11 is 3.74. The molecule has 6 aromatic rings. The summed E-state index contributed by atoms with van der Waals surface area (Å²) in [7, 11) is 6.97. The largest absolute Gasteiger partial charge is 0.489 e. The van der Waals surface area contributed by atoms with Gasteiger partial charge in [-0.25, -0.2) is 0 Å². The van der Waals surface area contributed by atoms with Crippen molar-refractivity contribution in [1.82, 2.24) is 9.80 Å². The van der Waals surface area contributed by atoms with Gasteiger partial charge in [-0.05, 0) is 114 Å². The Labute approximate surface area is 277 Å². The highest BCUT2D eigenvalue weighted by Crippen LogP contribution is 2.39. The van der Waals surface area contributed by atoms with Crippen molar-refractivity contribution >= 4 is 61.5 Å². The molecule has 6 rings (SSSR count). The molecule has 0 radical (unpaired) electrons. The van der Waals surface area contributed by atoms with Gasteiger partial charge in [0.05, 0.1) is 8.07 Å². The molecule has 0 bridgehead atoms. The predicted molar refractivity (Wildman–Crippen MR) is 197 cm³/mol. The molecule has 0 atom stereocenters. The Kier molecular flexibility index (Phi) is 8.95. The third kappa shape index (κ3) is 6.90. The molecule has 0 heterocycles. The van der Waals surface area contributed by atoms with E-state index in [9.17, 15) is 0 Å². The van der Waals surface area contributed by atoms with E-state index >= 15 is 0 Å². The van der Waals surface area contributed by atoms with Crippen molar-refractivity contribution in [1.29, 1.82) is 0 Å². The predicted octanol–water partition coefficient (Wildman–Crippen LogP) is 9.17.